The van der Waals surface area contributed by atoms with Gasteiger partial charge in [-0.15, -0.1) is 0 Å². The number of carbonyl (C=O) groups is 1. The third-order valence-corrected chi connectivity index (χ3v) is 4.01. The Kier molecular flexibility index (Phi) is 4.48. The molecule has 1 aliphatic heterocycles. The maximum atomic E-state index is 12.6. The van der Waals surface area contributed by atoms with Crippen LogP contribution < -0.4 is 20.1 Å². The van der Waals surface area contributed by atoms with Crippen molar-refractivity contribution in [3.05, 3.63) is 65.5 Å². The Bertz CT molecular complexity index is 1110. The second-order valence-electron chi connectivity index (χ2n) is 6.02. The molecule has 0 bridgehead atoms. The van der Waals surface area contributed by atoms with Gasteiger partial charge in [-0.05, 0) is 37.3 Å². The number of nitrogens with zero attached hydrogens (tertiary/aromatic N) is 3. The minimum atomic E-state index is -0.429. The fourth-order valence-corrected chi connectivity index (χ4v) is 2.72. The van der Waals surface area contributed by atoms with E-state index in [0.29, 0.717) is 34.1 Å². The molecule has 138 valence electrons. The van der Waals surface area contributed by atoms with Crippen LogP contribution in [0.25, 0.3) is 0 Å². The molecule has 4 rings (SSSR count). The number of fused-ring (bicyclic) bond motifs is 1. The van der Waals surface area contributed by atoms with E-state index in [9.17, 15) is 4.79 Å². The second-order valence-corrected chi connectivity index (χ2v) is 6.02. The first-order valence-corrected chi connectivity index (χ1v) is 8.45. The highest BCUT2D eigenvalue weighted by Crippen LogP contribution is 2.34. The van der Waals surface area contributed by atoms with Crippen molar-refractivity contribution in [1.82, 2.24) is 9.97 Å². The van der Waals surface area contributed by atoms with Gasteiger partial charge in [0.25, 0.3) is 5.91 Å². The van der Waals surface area contributed by atoms with Crippen molar-refractivity contribution < 1.29 is 14.3 Å². The molecule has 0 saturated heterocycles. The predicted molar refractivity (Wildman–Crippen MR) is 102 cm³/mol. The SMILES string of the molecule is Cc1cc(C(=O)Nc2ccccc2C#N)nc(Nc2ccc3c(c2)OCO3)n1. The van der Waals surface area contributed by atoms with Crippen molar-refractivity contribution in [2.75, 3.05) is 17.4 Å². The number of para-hydroxylation sites is 1. The van der Waals surface area contributed by atoms with E-state index in [1.165, 1.54) is 0 Å². The molecule has 2 aromatic carbocycles. The molecule has 3 aromatic rings. The van der Waals surface area contributed by atoms with E-state index in [-0.39, 0.29) is 18.4 Å². The lowest BCUT2D eigenvalue weighted by molar-refractivity contribution is 0.102. The zero-order chi connectivity index (χ0) is 19.5. The van der Waals surface area contributed by atoms with Crippen LogP contribution in [-0.2, 0) is 0 Å². The third-order valence-electron chi connectivity index (χ3n) is 4.01. The fraction of sp³-hybridized carbons (Fsp3) is 0.100. The molecule has 0 aliphatic carbocycles. The summed E-state index contributed by atoms with van der Waals surface area (Å²) in [5.74, 6) is 1.15. The Morgan fingerprint density at radius 1 is 1.11 bits per heavy atom. The Morgan fingerprint density at radius 3 is 2.79 bits per heavy atom. The summed E-state index contributed by atoms with van der Waals surface area (Å²) in [6, 6.07) is 15.8. The van der Waals surface area contributed by atoms with Crippen LogP contribution in [0, 0.1) is 18.3 Å². The lowest BCUT2D eigenvalue weighted by Gasteiger charge is -2.10. The number of carbonyl (C=O) groups excluding carboxylic acids is 1. The molecule has 1 aliphatic rings. The summed E-state index contributed by atoms with van der Waals surface area (Å²) >= 11 is 0. The number of hydrogen-bond donors (Lipinski definition) is 2. The molecule has 0 saturated carbocycles. The second kappa shape index (κ2) is 7.25. The van der Waals surface area contributed by atoms with Crippen molar-refractivity contribution >= 4 is 23.2 Å². The minimum Gasteiger partial charge on any atom is -0.454 e. The zero-order valence-corrected chi connectivity index (χ0v) is 14.9. The quantitative estimate of drug-likeness (QED) is 0.721. The van der Waals surface area contributed by atoms with Gasteiger partial charge in [0.05, 0.1) is 11.3 Å². The first-order valence-electron chi connectivity index (χ1n) is 8.45. The fourth-order valence-electron chi connectivity index (χ4n) is 2.72. The standard InChI is InChI=1S/C20H15N5O3/c1-12-8-16(19(26)24-15-5-3-2-4-13(15)10-21)25-20(22-12)23-14-6-7-17-18(9-14)28-11-27-17/h2-9H,11H2,1H3,(H,24,26)(H,22,23,25). The van der Waals surface area contributed by atoms with Crippen LogP contribution in [0.5, 0.6) is 11.5 Å². The number of aryl methyl sites for hydroxylation is 1. The first kappa shape index (κ1) is 17.3. The molecule has 0 unspecified atom stereocenters. The summed E-state index contributed by atoms with van der Waals surface area (Å²) < 4.78 is 10.6. The molecule has 2 heterocycles. The first-order chi connectivity index (χ1) is 13.6. The van der Waals surface area contributed by atoms with Gasteiger partial charge >= 0.3 is 0 Å². The van der Waals surface area contributed by atoms with E-state index < -0.39 is 5.91 Å². The van der Waals surface area contributed by atoms with Crippen LogP contribution in [0.15, 0.2) is 48.5 Å². The van der Waals surface area contributed by atoms with Crippen LogP contribution in [0.1, 0.15) is 21.7 Å². The molecule has 8 nitrogen and oxygen atoms in total. The molecule has 28 heavy (non-hydrogen) atoms. The van der Waals surface area contributed by atoms with E-state index in [4.69, 9.17) is 14.7 Å². The average molecular weight is 373 g/mol. The topological polar surface area (TPSA) is 109 Å². The molecule has 8 heteroatoms. The third kappa shape index (κ3) is 3.54. The van der Waals surface area contributed by atoms with E-state index in [1.807, 2.05) is 12.1 Å². The smallest absolute Gasteiger partial charge is 0.274 e. The van der Waals surface area contributed by atoms with Gasteiger partial charge in [0.2, 0.25) is 12.7 Å². The van der Waals surface area contributed by atoms with Crippen LogP contribution in [-0.4, -0.2) is 22.7 Å². The number of rotatable bonds is 4. The highest BCUT2D eigenvalue weighted by molar-refractivity contribution is 6.03. The highest BCUT2D eigenvalue weighted by atomic mass is 16.7. The maximum Gasteiger partial charge on any atom is 0.274 e. The molecule has 1 amide bonds. The Hall–Kier alpha value is -4.12. The number of anilines is 3. The molecule has 1 aromatic heterocycles. The Morgan fingerprint density at radius 2 is 1.93 bits per heavy atom. The summed E-state index contributed by atoms with van der Waals surface area (Å²) in [6.45, 7) is 1.96. The highest BCUT2D eigenvalue weighted by Gasteiger charge is 2.15. The van der Waals surface area contributed by atoms with Gasteiger partial charge in [-0.3, -0.25) is 4.79 Å². The lowest BCUT2D eigenvalue weighted by atomic mass is 10.2. The number of nitrogens with one attached hydrogen (secondary N) is 2. The lowest BCUT2D eigenvalue weighted by Crippen LogP contribution is -2.16. The number of nitriles is 1. The summed E-state index contributed by atoms with van der Waals surface area (Å²) in [6.07, 6.45) is 0. The van der Waals surface area contributed by atoms with E-state index in [1.54, 1.807) is 49.4 Å². The van der Waals surface area contributed by atoms with Gasteiger partial charge < -0.3 is 20.1 Å². The minimum absolute atomic E-state index is 0.184. The van der Waals surface area contributed by atoms with E-state index >= 15 is 0 Å². The Labute approximate surface area is 160 Å². The number of hydrogen-bond acceptors (Lipinski definition) is 7. The maximum absolute atomic E-state index is 12.6. The van der Waals surface area contributed by atoms with Gasteiger partial charge in [0.15, 0.2) is 11.5 Å². The van der Waals surface area contributed by atoms with Crippen molar-refractivity contribution in [3.8, 4) is 17.6 Å². The van der Waals surface area contributed by atoms with Crippen molar-refractivity contribution in [1.29, 1.82) is 5.26 Å². The van der Waals surface area contributed by atoms with Crippen molar-refractivity contribution in [3.63, 3.8) is 0 Å². The normalized spacial score (nSPS) is 11.6. The number of amides is 1. The largest absolute Gasteiger partial charge is 0.454 e. The number of ether oxygens (including phenoxy) is 2. The molecule has 2 N–H and O–H groups in total. The molecule has 0 radical (unpaired) electrons. The molecular weight excluding hydrogens is 358 g/mol. The van der Waals surface area contributed by atoms with Crippen molar-refractivity contribution in [2.45, 2.75) is 6.92 Å². The van der Waals surface area contributed by atoms with Gasteiger partial charge in [-0.25, -0.2) is 9.97 Å². The zero-order valence-electron chi connectivity index (χ0n) is 14.9. The molecule has 0 fully saturated rings. The molecule has 0 spiro atoms. The van der Waals surface area contributed by atoms with Gasteiger partial charge in [-0.2, -0.15) is 5.26 Å². The number of benzene rings is 2. The van der Waals surface area contributed by atoms with Crippen LogP contribution in [0.2, 0.25) is 0 Å². The average Bonchev–Trinajstić information content (AvgIpc) is 3.16. The van der Waals surface area contributed by atoms with Gasteiger partial charge in [0.1, 0.15) is 11.8 Å². The number of aromatic nitrogens is 2. The molecule has 0 atom stereocenters. The van der Waals surface area contributed by atoms with E-state index in [2.05, 4.69) is 20.6 Å². The van der Waals surface area contributed by atoms with Crippen molar-refractivity contribution in [2.24, 2.45) is 0 Å². The van der Waals surface area contributed by atoms with Crippen LogP contribution in [0.4, 0.5) is 17.3 Å². The summed E-state index contributed by atoms with van der Waals surface area (Å²) in [4.78, 5) is 21.2. The Balaban J connectivity index is 1.57. The predicted octanol–water partition coefficient (Wildman–Crippen LogP) is 3.38. The van der Waals surface area contributed by atoms with Gasteiger partial charge in [-0.1, -0.05) is 12.1 Å². The van der Waals surface area contributed by atoms with Crippen LogP contribution >= 0.6 is 0 Å². The summed E-state index contributed by atoms with van der Waals surface area (Å²) in [5.41, 5.74) is 2.31. The summed E-state index contributed by atoms with van der Waals surface area (Å²) in [7, 11) is 0. The van der Waals surface area contributed by atoms with Crippen LogP contribution in [0.3, 0.4) is 0 Å². The van der Waals surface area contributed by atoms with E-state index in [0.717, 1.165) is 0 Å². The summed E-state index contributed by atoms with van der Waals surface area (Å²) in [5, 5.41) is 14.9. The van der Waals surface area contributed by atoms with Gasteiger partial charge in [0, 0.05) is 17.4 Å². The molecular formula is C20H15N5O3. The monoisotopic (exact) mass is 373 g/mol.